The maximum atomic E-state index is 12.8. The van der Waals surface area contributed by atoms with E-state index in [2.05, 4.69) is 25.9 Å². The SMILES string of the molecule is CCNc1ccc(-c2cccc(C(=O)N[C@@H](COC)c3ccnn3C)c2)nn1. The molecule has 146 valence electrons. The van der Waals surface area contributed by atoms with Crippen molar-refractivity contribution in [2.75, 3.05) is 25.6 Å². The number of benzene rings is 1. The summed E-state index contributed by atoms with van der Waals surface area (Å²) in [6.07, 6.45) is 1.69. The Hall–Kier alpha value is -3.26. The molecule has 3 rings (SSSR count). The van der Waals surface area contributed by atoms with Crippen LogP contribution in [0.1, 0.15) is 29.0 Å². The molecule has 0 radical (unpaired) electrons. The number of hydrogen-bond donors (Lipinski definition) is 2. The van der Waals surface area contributed by atoms with Crippen LogP contribution in [-0.4, -0.2) is 46.1 Å². The quantitative estimate of drug-likeness (QED) is 0.623. The van der Waals surface area contributed by atoms with E-state index in [9.17, 15) is 4.79 Å². The molecule has 28 heavy (non-hydrogen) atoms. The average molecular weight is 380 g/mol. The summed E-state index contributed by atoms with van der Waals surface area (Å²) in [4.78, 5) is 12.8. The van der Waals surface area contributed by atoms with E-state index >= 15 is 0 Å². The van der Waals surface area contributed by atoms with E-state index in [0.29, 0.717) is 17.9 Å². The molecular weight excluding hydrogens is 356 g/mol. The van der Waals surface area contributed by atoms with Crippen molar-refractivity contribution in [2.45, 2.75) is 13.0 Å². The fraction of sp³-hybridized carbons (Fsp3) is 0.300. The Balaban J connectivity index is 1.78. The van der Waals surface area contributed by atoms with Gasteiger partial charge >= 0.3 is 0 Å². The van der Waals surface area contributed by atoms with Gasteiger partial charge in [0.1, 0.15) is 5.82 Å². The lowest BCUT2D eigenvalue weighted by Gasteiger charge is -2.18. The van der Waals surface area contributed by atoms with E-state index in [4.69, 9.17) is 4.74 Å². The number of anilines is 1. The summed E-state index contributed by atoms with van der Waals surface area (Å²) in [7, 11) is 3.44. The molecule has 0 unspecified atom stereocenters. The van der Waals surface area contributed by atoms with Gasteiger partial charge in [0.15, 0.2) is 0 Å². The molecule has 1 amide bonds. The zero-order valence-electron chi connectivity index (χ0n) is 16.2. The summed E-state index contributed by atoms with van der Waals surface area (Å²) < 4.78 is 6.99. The summed E-state index contributed by atoms with van der Waals surface area (Å²) in [5.74, 6) is 0.529. The number of carbonyl (C=O) groups excluding carboxylic acids is 1. The molecule has 1 aromatic carbocycles. The second-order valence-electron chi connectivity index (χ2n) is 6.28. The summed E-state index contributed by atoms with van der Waals surface area (Å²) in [5, 5.41) is 18.7. The lowest BCUT2D eigenvalue weighted by Crippen LogP contribution is -2.32. The third kappa shape index (κ3) is 4.52. The highest BCUT2D eigenvalue weighted by molar-refractivity contribution is 5.95. The predicted octanol–water partition coefficient (Wildman–Crippen LogP) is 2.43. The van der Waals surface area contributed by atoms with Crippen molar-refractivity contribution < 1.29 is 9.53 Å². The molecule has 2 N–H and O–H groups in total. The van der Waals surface area contributed by atoms with Crippen LogP contribution in [0.15, 0.2) is 48.7 Å². The normalized spacial score (nSPS) is 11.8. The van der Waals surface area contributed by atoms with Crippen molar-refractivity contribution >= 4 is 11.7 Å². The second kappa shape index (κ2) is 9.09. The van der Waals surface area contributed by atoms with Gasteiger partial charge in [-0.1, -0.05) is 12.1 Å². The molecule has 0 saturated carbocycles. The summed E-state index contributed by atoms with van der Waals surface area (Å²) in [5.41, 5.74) is 2.94. The Morgan fingerprint density at radius 1 is 1.21 bits per heavy atom. The fourth-order valence-electron chi connectivity index (χ4n) is 2.92. The number of nitrogens with zero attached hydrogens (tertiary/aromatic N) is 4. The summed E-state index contributed by atoms with van der Waals surface area (Å²) >= 11 is 0. The number of methoxy groups -OCH3 is 1. The second-order valence-corrected chi connectivity index (χ2v) is 6.28. The van der Waals surface area contributed by atoms with Crippen LogP contribution < -0.4 is 10.6 Å². The van der Waals surface area contributed by atoms with Crippen LogP contribution in [0.3, 0.4) is 0 Å². The van der Waals surface area contributed by atoms with Gasteiger partial charge in [0.05, 0.1) is 24.0 Å². The van der Waals surface area contributed by atoms with Gasteiger partial charge in [0, 0.05) is 38.0 Å². The molecular formula is C20H24N6O2. The van der Waals surface area contributed by atoms with Gasteiger partial charge in [-0.3, -0.25) is 9.48 Å². The molecule has 1 atom stereocenters. The van der Waals surface area contributed by atoms with E-state index in [-0.39, 0.29) is 11.9 Å². The molecule has 0 aliphatic carbocycles. The minimum atomic E-state index is -0.298. The number of nitrogens with one attached hydrogen (secondary N) is 2. The maximum Gasteiger partial charge on any atom is 0.251 e. The number of ether oxygens (including phenoxy) is 1. The third-order valence-electron chi connectivity index (χ3n) is 4.30. The number of rotatable bonds is 8. The topological polar surface area (TPSA) is 94.0 Å². The Bertz CT molecular complexity index is 922. The van der Waals surface area contributed by atoms with Crippen LogP contribution in [0.4, 0.5) is 5.82 Å². The van der Waals surface area contributed by atoms with Gasteiger partial charge in [-0.15, -0.1) is 10.2 Å². The Labute approximate surface area is 163 Å². The molecule has 0 fully saturated rings. The number of aryl methyl sites for hydroxylation is 1. The standard InChI is InChI=1S/C20H24N6O2/c1-4-21-19-9-8-16(24-25-19)14-6-5-7-15(12-14)20(27)23-17(13-28-3)18-10-11-22-26(18)2/h5-12,17H,4,13H2,1-3H3,(H,21,25)(H,23,27)/t17-/m0/s1. The Morgan fingerprint density at radius 2 is 2.07 bits per heavy atom. The average Bonchev–Trinajstić information content (AvgIpc) is 3.14. The zero-order valence-corrected chi connectivity index (χ0v) is 16.2. The van der Waals surface area contributed by atoms with Gasteiger partial charge in [-0.05, 0) is 37.3 Å². The number of amides is 1. The first-order chi connectivity index (χ1) is 13.6. The Morgan fingerprint density at radius 3 is 2.71 bits per heavy atom. The van der Waals surface area contributed by atoms with Crippen molar-refractivity contribution in [1.82, 2.24) is 25.3 Å². The number of hydrogen-bond acceptors (Lipinski definition) is 6. The minimum absolute atomic E-state index is 0.192. The molecule has 3 aromatic rings. The molecule has 0 bridgehead atoms. The van der Waals surface area contributed by atoms with Crippen LogP contribution in [0, 0.1) is 0 Å². The monoisotopic (exact) mass is 380 g/mol. The van der Waals surface area contributed by atoms with E-state index < -0.39 is 0 Å². The van der Waals surface area contributed by atoms with E-state index in [1.165, 1.54) is 0 Å². The molecule has 0 aliphatic heterocycles. The van der Waals surface area contributed by atoms with Crippen molar-refractivity contribution in [3.63, 3.8) is 0 Å². The molecule has 2 heterocycles. The van der Waals surface area contributed by atoms with Crippen LogP contribution in [-0.2, 0) is 11.8 Å². The minimum Gasteiger partial charge on any atom is -0.382 e. The molecule has 0 aliphatic rings. The highest BCUT2D eigenvalue weighted by atomic mass is 16.5. The summed E-state index contributed by atoms with van der Waals surface area (Å²) in [6.45, 7) is 3.13. The maximum absolute atomic E-state index is 12.8. The van der Waals surface area contributed by atoms with Crippen molar-refractivity contribution in [1.29, 1.82) is 0 Å². The number of aromatic nitrogens is 4. The largest absolute Gasteiger partial charge is 0.382 e. The molecule has 8 nitrogen and oxygen atoms in total. The first-order valence-corrected chi connectivity index (χ1v) is 9.08. The highest BCUT2D eigenvalue weighted by Crippen LogP contribution is 2.20. The van der Waals surface area contributed by atoms with E-state index in [0.717, 1.165) is 23.6 Å². The van der Waals surface area contributed by atoms with Crippen LogP contribution in [0.5, 0.6) is 0 Å². The fourth-order valence-corrected chi connectivity index (χ4v) is 2.92. The predicted molar refractivity (Wildman–Crippen MR) is 107 cm³/mol. The van der Waals surface area contributed by atoms with Gasteiger partial charge in [-0.2, -0.15) is 5.10 Å². The Kier molecular flexibility index (Phi) is 6.33. The molecule has 0 saturated heterocycles. The van der Waals surface area contributed by atoms with E-state index in [1.807, 2.05) is 44.3 Å². The van der Waals surface area contributed by atoms with Crippen molar-refractivity contribution in [3.8, 4) is 11.3 Å². The third-order valence-corrected chi connectivity index (χ3v) is 4.30. The van der Waals surface area contributed by atoms with E-state index in [1.54, 1.807) is 30.1 Å². The van der Waals surface area contributed by atoms with Crippen LogP contribution in [0.25, 0.3) is 11.3 Å². The molecule has 8 heteroatoms. The van der Waals surface area contributed by atoms with Crippen molar-refractivity contribution in [3.05, 3.63) is 59.9 Å². The van der Waals surface area contributed by atoms with Crippen LogP contribution >= 0.6 is 0 Å². The molecule has 2 aromatic heterocycles. The molecule has 0 spiro atoms. The lowest BCUT2D eigenvalue weighted by molar-refractivity contribution is 0.0892. The summed E-state index contributed by atoms with van der Waals surface area (Å²) in [6, 6.07) is 12.6. The van der Waals surface area contributed by atoms with Crippen LogP contribution in [0.2, 0.25) is 0 Å². The van der Waals surface area contributed by atoms with Gasteiger partial charge in [0.25, 0.3) is 5.91 Å². The first-order valence-electron chi connectivity index (χ1n) is 9.08. The lowest BCUT2D eigenvalue weighted by atomic mass is 10.1. The van der Waals surface area contributed by atoms with Crippen molar-refractivity contribution in [2.24, 2.45) is 7.05 Å². The zero-order chi connectivity index (χ0) is 19.9. The number of carbonyl (C=O) groups is 1. The van der Waals surface area contributed by atoms with Gasteiger partial charge < -0.3 is 15.4 Å². The first kappa shape index (κ1) is 19.5. The smallest absolute Gasteiger partial charge is 0.251 e. The van der Waals surface area contributed by atoms with Gasteiger partial charge in [-0.25, -0.2) is 0 Å². The van der Waals surface area contributed by atoms with Gasteiger partial charge in [0.2, 0.25) is 0 Å². The highest BCUT2D eigenvalue weighted by Gasteiger charge is 2.19.